The summed E-state index contributed by atoms with van der Waals surface area (Å²) < 4.78 is 0. The Morgan fingerprint density at radius 3 is 3.00 bits per heavy atom. The number of pyridine rings is 1. The second kappa shape index (κ2) is 4.65. The van der Waals surface area contributed by atoms with E-state index in [1.54, 1.807) is 0 Å². The summed E-state index contributed by atoms with van der Waals surface area (Å²) in [6, 6.07) is 2.06. The lowest BCUT2D eigenvalue weighted by Crippen LogP contribution is -2.16. The van der Waals surface area contributed by atoms with E-state index in [2.05, 4.69) is 30.2 Å². The van der Waals surface area contributed by atoms with E-state index < -0.39 is 0 Å². The lowest BCUT2D eigenvalue weighted by atomic mass is 9.98. The lowest BCUT2D eigenvalue weighted by molar-refractivity contribution is 0.439. The topological polar surface area (TPSA) is 24.9 Å². The van der Waals surface area contributed by atoms with Gasteiger partial charge in [-0.05, 0) is 36.8 Å². The second-order valence-corrected chi connectivity index (χ2v) is 4.74. The number of nitrogens with zero attached hydrogens (tertiary/aromatic N) is 1. The van der Waals surface area contributed by atoms with Crippen molar-refractivity contribution in [3.05, 3.63) is 24.0 Å². The zero-order valence-corrected chi connectivity index (χ0v) is 9.66. The molecular formula is C13H20N2. The summed E-state index contributed by atoms with van der Waals surface area (Å²) in [4.78, 5) is 4.10. The van der Waals surface area contributed by atoms with Gasteiger partial charge in [0.1, 0.15) is 0 Å². The van der Waals surface area contributed by atoms with Gasteiger partial charge in [-0.1, -0.05) is 19.8 Å². The molecule has 82 valence electrons. The van der Waals surface area contributed by atoms with Crippen LogP contribution in [0.15, 0.2) is 18.5 Å². The van der Waals surface area contributed by atoms with Gasteiger partial charge in [0.25, 0.3) is 0 Å². The Bertz CT molecular complexity index is 322. The number of rotatable bonds is 3. The lowest BCUT2D eigenvalue weighted by Gasteiger charge is -2.17. The van der Waals surface area contributed by atoms with Crippen molar-refractivity contribution in [3.8, 4) is 0 Å². The largest absolute Gasteiger partial charge is 0.384 e. The quantitative estimate of drug-likeness (QED) is 0.817. The summed E-state index contributed by atoms with van der Waals surface area (Å²) in [5, 5.41) is 3.55. The van der Waals surface area contributed by atoms with Crippen molar-refractivity contribution in [1.29, 1.82) is 0 Å². The maximum absolute atomic E-state index is 4.10. The van der Waals surface area contributed by atoms with E-state index in [0.717, 1.165) is 18.4 Å². The highest BCUT2D eigenvalue weighted by atomic mass is 14.9. The summed E-state index contributed by atoms with van der Waals surface area (Å²) in [5.74, 6) is 1.75. The van der Waals surface area contributed by atoms with Gasteiger partial charge in [-0.15, -0.1) is 0 Å². The Morgan fingerprint density at radius 2 is 2.33 bits per heavy atom. The van der Waals surface area contributed by atoms with Gasteiger partial charge in [0, 0.05) is 24.6 Å². The number of hydrogen-bond donors (Lipinski definition) is 1. The highest BCUT2D eigenvalue weighted by Crippen LogP contribution is 2.31. The van der Waals surface area contributed by atoms with Crippen LogP contribution in [0.2, 0.25) is 0 Å². The molecule has 0 aliphatic heterocycles. The molecule has 15 heavy (non-hydrogen) atoms. The number of aromatic nitrogens is 1. The summed E-state index contributed by atoms with van der Waals surface area (Å²) in [5.41, 5.74) is 2.48. The molecule has 0 bridgehead atoms. The summed E-state index contributed by atoms with van der Waals surface area (Å²) >= 11 is 0. The summed E-state index contributed by atoms with van der Waals surface area (Å²) in [6.45, 7) is 5.60. The Balaban J connectivity index is 1.90. The van der Waals surface area contributed by atoms with E-state index in [1.165, 1.54) is 30.5 Å². The first-order valence-corrected chi connectivity index (χ1v) is 5.92. The molecule has 2 nitrogen and oxygen atoms in total. The molecule has 1 heterocycles. The normalized spacial score (nSPS) is 25.5. The Hall–Kier alpha value is -1.05. The van der Waals surface area contributed by atoms with Crippen LogP contribution in [0.25, 0.3) is 0 Å². The SMILES string of the molecule is Cc1cnccc1NCC1CCCC1C. The Labute approximate surface area is 92.1 Å². The third-order valence-corrected chi connectivity index (χ3v) is 3.61. The standard InChI is InChI=1S/C13H20N2/c1-10-4-3-5-12(10)9-15-13-6-7-14-8-11(13)2/h6-8,10,12H,3-5,9H2,1-2H3,(H,14,15). The van der Waals surface area contributed by atoms with Crippen LogP contribution < -0.4 is 5.32 Å². The van der Waals surface area contributed by atoms with Gasteiger partial charge in [0.05, 0.1) is 0 Å². The van der Waals surface area contributed by atoms with Crippen LogP contribution >= 0.6 is 0 Å². The van der Waals surface area contributed by atoms with Crippen molar-refractivity contribution < 1.29 is 0 Å². The first-order chi connectivity index (χ1) is 7.27. The molecule has 1 aliphatic rings. The fourth-order valence-electron chi connectivity index (χ4n) is 2.44. The van der Waals surface area contributed by atoms with E-state index in [9.17, 15) is 0 Å². The van der Waals surface area contributed by atoms with Crippen LogP contribution in [-0.2, 0) is 0 Å². The molecule has 2 unspecified atom stereocenters. The van der Waals surface area contributed by atoms with Crippen LogP contribution in [0.5, 0.6) is 0 Å². The van der Waals surface area contributed by atoms with Gasteiger partial charge in [-0.2, -0.15) is 0 Å². The number of hydrogen-bond acceptors (Lipinski definition) is 2. The van der Waals surface area contributed by atoms with Crippen LogP contribution in [0.4, 0.5) is 5.69 Å². The molecular weight excluding hydrogens is 184 g/mol. The van der Waals surface area contributed by atoms with Crippen LogP contribution in [0.3, 0.4) is 0 Å². The Kier molecular flexibility index (Phi) is 3.24. The first-order valence-electron chi connectivity index (χ1n) is 5.92. The van der Waals surface area contributed by atoms with Gasteiger partial charge in [0.15, 0.2) is 0 Å². The average molecular weight is 204 g/mol. The smallest absolute Gasteiger partial charge is 0.0400 e. The average Bonchev–Trinajstić information content (AvgIpc) is 2.63. The molecule has 0 saturated heterocycles. The second-order valence-electron chi connectivity index (χ2n) is 4.74. The predicted octanol–water partition coefficient (Wildman–Crippen LogP) is 3.24. The molecule has 1 aromatic rings. The molecule has 1 saturated carbocycles. The molecule has 2 rings (SSSR count). The van der Waals surface area contributed by atoms with E-state index in [-0.39, 0.29) is 0 Å². The minimum absolute atomic E-state index is 0.859. The molecule has 2 heteroatoms. The minimum Gasteiger partial charge on any atom is -0.384 e. The molecule has 1 N–H and O–H groups in total. The molecule has 1 fully saturated rings. The van der Waals surface area contributed by atoms with E-state index in [0.29, 0.717) is 0 Å². The molecule has 0 amide bonds. The first kappa shape index (κ1) is 10.5. The summed E-state index contributed by atoms with van der Waals surface area (Å²) in [6.07, 6.45) is 7.97. The van der Waals surface area contributed by atoms with E-state index in [1.807, 2.05) is 12.4 Å². The molecule has 0 radical (unpaired) electrons. The van der Waals surface area contributed by atoms with Crippen LogP contribution in [-0.4, -0.2) is 11.5 Å². The molecule has 0 aromatic carbocycles. The van der Waals surface area contributed by atoms with Gasteiger partial charge < -0.3 is 5.32 Å². The predicted molar refractivity (Wildman–Crippen MR) is 64.0 cm³/mol. The zero-order valence-electron chi connectivity index (χ0n) is 9.66. The fraction of sp³-hybridized carbons (Fsp3) is 0.615. The monoisotopic (exact) mass is 204 g/mol. The maximum Gasteiger partial charge on any atom is 0.0400 e. The molecule has 1 aliphatic carbocycles. The van der Waals surface area contributed by atoms with E-state index in [4.69, 9.17) is 0 Å². The van der Waals surface area contributed by atoms with Crippen molar-refractivity contribution in [1.82, 2.24) is 4.98 Å². The number of aryl methyl sites for hydroxylation is 1. The van der Waals surface area contributed by atoms with Crippen molar-refractivity contribution >= 4 is 5.69 Å². The molecule has 1 aromatic heterocycles. The van der Waals surface area contributed by atoms with Crippen molar-refractivity contribution in [2.75, 3.05) is 11.9 Å². The van der Waals surface area contributed by atoms with Gasteiger partial charge >= 0.3 is 0 Å². The van der Waals surface area contributed by atoms with Crippen molar-refractivity contribution in [2.24, 2.45) is 11.8 Å². The van der Waals surface area contributed by atoms with Crippen molar-refractivity contribution in [3.63, 3.8) is 0 Å². The summed E-state index contributed by atoms with van der Waals surface area (Å²) in [7, 11) is 0. The molecule has 0 spiro atoms. The number of nitrogens with one attached hydrogen (secondary N) is 1. The van der Waals surface area contributed by atoms with Crippen molar-refractivity contribution in [2.45, 2.75) is 33.1 Å². The fourth-order valence-corrected chi connectivity index (χ4v) is 2.44. The zero-order chi connectivity index (χ0) is 10.7. The third-order valence-electron chi connectivity index (χ3n) is 3.61. The minimum atomic E-state index is 0.859. The maximum atomic E-state index is 4.10. The number of anilines is 1. The molecule has 2 atom stereocenters. The van der Waals surface area contributed by atoms with Crippen LogP contribution in [0, 0.1) is 18.8 Å². The van der Waals surface area contributed by atoms with Gasteiger partial charge in [-0.25, -0.2) is 0 Å². The van der Waals surface area contributed by atoms with Crippen LogP contribution in [0.1, 0.15) is 31.7 Å². The van der Waals surface area contributed by atoms with Gasteiger partial charge in [-0.3, -0.25) is 4.98 Å². The third kappa shape index (κ3) is 2.49. The van der Waals surface area contributed by atoms with Gasteiger partial charge in [0.2, 0.25) is 0 Å². The highest BCUT2D eigenvalue weighted by molar-refractivity contribution is 5.48. The Morgan fingerprint density at radius 1 is 1.47 bits per heavy atom. The van der Waals surface area contributed by atoms with E-state index >= 15 is 0 Å². The highest BCUT2D eigenvalue weighted by Gasteiger charge is 2.22.